The number of carboxylic acid groups (broad SMARTS) is 1. The molecule has 176 valence electrons. The highest BCUT2D eigenvalue weighted by molar-refractivity contribution is 5.67. The first-order valence-electron chi connectivity index (χ1n) is 13.0. The molecule has 0 aliphatic heterocycles. The van der Waals surface area contributed by atoms with Gasteiger partial charge in [-0.25, -0.2) is 0 Å². The molecular weight excluding hydrogens is 388 g/mol. The van der Waals surface area contributed by atoms with Crippen LogP contribution in [0.5, 0.6) is 0 Å². The van der Waals surface area contributed by atoms with Crippen molar-refractivity contribution < 1.29 is 19.4 Å². The number of aliphatic carboxylic acids is 1. The second kappa shape index (κ2) is 8.37. The van der Waals surface area contributed by atoms with E-state index in [0.29, 0.717) is 29.1 Å². The fourth-order valence-electron chi connectivity index (χ4n) is 9.65. The topological polar surface area (TPSA) is 63.6 Å². The van der Waals surface area contributed by atoms with E-state index >= 15 is 0 Å². The van der Waals surface area contributed by atoms with Crippen molar-refractivity contribution in [3.63, 3.8) is 0 Å². The number of rotatable bonds is 5. The summed E-state index contributed by atoms with van der Waals surface area (Å²) in [6, 6.07) is 0. The predicted molar refractivity (Wildman–Crippen MR) is 121 cm³/mol. The zero-order valence-corrected chi connectivity index (χ0v) is 20.4. The predicted octanol–water partition coefficient (Wildman–Crippen LogP) is 6.32. The molecule has 0 amide bonds. The van der Waals surface area contributed by atoms with Crippen LogP contribution in [-0.4, -0.2) is 23.1 Å². The highest BCUT2D eigenvalue weighted by Gasteiger charge is 2.62. The summed E-state index contributed by atoms with van der Waals surface area (Å²) < 4.78 is 5.68. The van der Waals surface area contributed by atoms with Crippen molar-refractivity contribution in [3.8, 4) is 0 Å². The normalized spacial score (nSPS) is 47.6. The van der Waals surface area contributed by atoms with E-state index in [0.717, 1.165) is 36.5 Å². The zero-order chi connectivity index (χ0) is 22.6. The molecule has 4 unspecified atom stereocenters. The molecule has 0 aromatic heterocycles. The van der Waals surface area contributed by atoms with Crippen LogP contribution in [0.15, 0.2) is 0 Å². The van der Waals surface area contributed by atoms with Gasteiger partial charge in [-0.2, -0.15) is 0 Å². The Balaban J connectivity index is 1.57. The Morgan fingerprint density at radius 1 is 1.00 bits per heavy atom. The Bertz CT molecular complexity index is 703. The quantitative estimate of drug-likeness (QED) is 0.516. The van der Waals surface area contributed by atoms with Gasteiger partial charge in [-0.3, -0.25) is 9.59 Å². The first kappa shape index (κ1) is 23.1. The number of hydrogen-bond acceptors (Lipinski definition) is 3. The Morgan fingerprint density at radius 2 is 1.68 bits per heavy atom. The molecule has 4 saturated carbocycles. The van der Waals surface area contributed by atoms with E-state index in [1.807, 2.05) is 0 Å². The van der Waals surface area contributed by atoms with Crippen LogP contribution in [-0.2, 0) is 14.3 Å². The van der Waals surface area contributed by atoms with Crippen LogP contribution >= 0.6 is 0 Å². The second-order valence-corrected chi connectivity index (χ2v) is 12.2. The van der Waals surface area contributed by atoms with E-state index in [4.69, 9.17) is 4.74 Å². The fraction of sp³-hybridized carbons (Fsp3) is 0.926. The summed E-state index contributed by atoms with van der Waals surface area (Å²) in [6.45, 7) is 11.2. The molecule has 0 aromatic rings. The van der Waals surface area contributed by atoms with Crippen molar-refractivity contribution in [2.45, 2.75) is 105 Å². The molecule has 0 bridgehead atoms. The molecule has 4 aliphatic rings. The summed E-state index contributed by atoms with van der Waals surface area (Å²) in [5.41, 5.74) is 0.679. The van der Waals surface area contributed by atoms with E-state index in [-0.39, 0.29) is 18.0 Å². The van der Waals surface area contributed by atoms with Gasteiger partial charge in [0.25, 0.3) is 0 Å². The fourth-order valence-corrected chi connectivity index (χ4v) is 9.65. The molecule has 4 nitrogen and oxygen atoms in total. The summed E-state index contributed by atoms with van der Waals surface area (Å²) in [5, 5.41) is 9.39. The van der Waals surface area contributed by atoms with Gasteiger partial charge < -0.3 is 9.84 Å². The number of esters is 1. The van der Waals surface area contributed by atoms with E-state index in [2.05, 4.69) is 27.7 Å². The maximum atomic E-state index is 11.6. The number of fused-ring (bicyclic) bond motifs is 5. The summed E-state index contributed by atoms with van der Waals surface area (Å²) in [4.78, 5) is 23.0. The number of carbonyl (C=O) groups excluding carboxylic acids is 1. The van der Waals surface area contributed by atoms with Crippen LogP contribution < -0.4 is 0 Å². The average molecular weight is 433 g/mol. The molecule has 4 fully saturated rings. The number of carbonyl (C=O) groups is 2. The largest absolute Gasteiger partial charge is 0.481 e. The maximum absolute atomic E-state index is 11.6. The van der Waals surface area contributed by atoms with Crippen molar-refractivity contribution in [3.05, 3.63) is 0 Å². The maximum Gasteiger partial charge on any atom is 0.303 e. The third-order valence-electron chi connectivity index (χ3n) is 10.9. The van der Waals surface area contributed by atoms with E-state index < -0.39 is 5.97 Å². The minimum Gasteiger partial charge on any atom is -0.481 e. The lowest BCUT2D eigenvalue weighted by Crippen LogP contribution is -2.57. The van der Waals surface area contributed by atoms with Gasteiger partial charge in [0.2, 0.25) is 0 Å². The van der Waals surface area contributed by atoms with Gasteiger partial charge in [0, 0.05) is 13.3 Å². The van der Waals surface area contributed by atoms with Crippen LogP contribution in [0, 0.1) is 52.3 Å². The lowest BCUT2D eigenvalue weighted by atomic mass is 9.42. The van der Waals surface area contributed by atoms with Gasteiger partial charge in [0.15, 0.2) is 0 Å². The zero-order valence-electron chi connectivity index (χ0n) is 20.4. The highest BCUT2D eigenvalue weighted by atomic mass is 16.5. The minimum atomic E-state index is -0.642. The average Bonchev–Trinajstić information content (AvgIpc) is 3.04. The van der Waals surface area contributed by atoms with Crippen molar-refractivity contribution in [1.82, 2.24) is 0 Å². The highest BCUT2D eigenvalue weighted by Crippen LogP contribution is 2.69. The van der Waals surface area contributed by atoms with Gasteiger partial charge in [-0.1, -0.05) is 34.1 Å². The van der Waals surface area contributed by atoms with Crippen molar-refractivity contribution in [2.75, 3.05) is 0 Å². The first-order chi connectivity index (χ1) is 14.6. The summed E-state index contributed by atoms with van der Waals surface area (Å²) in [6.07, 6.45) is 11.3. The lowest BCUT2D eigenvalue weighted by Gasteiger charge is -2.63. The molecule has 0 aromatic carbocycles. The standard InChI is InChI=1S/C27H44O4/c1-6-18-14-20-22-8-7-21(16(2)13-25(29)30)26(22,4)12-10-23(20)27(5)11-9-19(15-24(18)27)31-17(3)28/h16,18-24H,6-15H2,1-5H3,(H,29,30)/t16-,18+,19-,20?,21-,22?,23?,24?,26-,27-/m1/s1. The van der Waals surface area contributed by atoms with Gasteiger partial charge >= 0.3 is 11.9 Å². The van der Waals surface area contributed by atoms with E-state index in [9.17, 15) is 14.7 Å². The van der Waals surface area contributed by atoms with Crippen molar-refractivity contribution >= 4 is 11.9 Å². The molecule has 0 saturated heterocycles. The van der Waals surface area contributed by atoms with Gasteiger partial charge in [-0.15, -0.1) is 0 Å². The minimum absolute atomic E-state index is 0.114. The summed E-state index contributed by atoms with van der Waals surface area (Å²) >= 11 is 0. The first-order valence-corrected chi connectivity index (χ1v) is 13.0. The summed E-state index contributed by atoms with van der Waals surface area (Å²) in [5.74, 6) is 3.78. The second-order valence-electron chi connectivity index (χ2n) is 12.2. The number of ether oxygens (including phenoxy) is 1. The third kappa shape index (κ3) is 3.84. The molecule has 4 rings (SSSR count). The van der Waals surface area contributed by atoms with Crippen LogP contribution in [0.3, 0.4) is 0 Å². The Morgan fingerprint density at radius 3 is 2.32 bits per heavy atom. The van der Waals surface area contributed by atoms with E-state index in [1.54, 1.807) is 6.92 Å². The molecule has 4 heteroatoms. The molecule has 1 N–H and O–H groups in total. The lowest BCUT2D eigenvalue weighted by molar-refractivity contribution is -0.170. The molecule has 10 atom stereocenters. The molecule has 4 aliphatic carbocycles. The van der Waals surface area contributed by atoms with Gasteiger partial charge in [-0.05, 0) is 104 Å². The molecular formula is C27H44O4. The molecule has 0 spiro atoms. The third-order valence-corrected chi connectivity index (χ3v) is 10.9. The number of carboxylic acids is 1. The van der Waals surface area contributed by atoms with Gasteiger partial charge in [0.05, 0.1) is 0 Å². The van der Waals surface area contributed by atoms with Crippen LogP contribution in [0.2, 0.25) is 0 Å². The SMILES string of the molecule is CC[C@H]1CC2C(CC[C@@]3(C)C2CC[C@@H]3[C@H](C)CC(=O)O)[C@@]2(C)CC[C@@H](OC(C)=O)CC12. The molecule has 0 heterocycles. The Labute approximate surface area is 188 Å². The van der Waals surface area contributed by atoms with Crippen molar-refractivity contribution in [2.24, 2.45) is 52.3 Å². The smallest absolute Gasteiger partial charge is 0.303 e. The van der Waals surface area contributed by atoms with Crippen LogP contribution in [0.25, 0.3) is 0 Å². The van der Waals surface area contributed by atoms with Gasteiger partial charge in [0.1, 0.15) is 6.10 Å². The monoisotopic (exact) mass is 432 g/mol. The van der Waals surface area contributed by atoms with Crippen LogP contribution in [0.4, 0.5) is 0 Å². The van der Waals surface area contributed by atoms with Crippen LogP contribution in [0.1, 0.15) is 98.8 Å². The Kier molecular flexibility index (Phi) is 6.24. The molecule has 31 heavy (non-hydrogen) atoms. The van der Waals surface area contributed by atoms with E-state index in [1.165, 1.54) is 44.9 Å². The Hall–Kier alpha value is -1.06. The summed E-state index contributed by atoms with van der Waals surface area (Å²) in [7, 11) is 0. The van der Waals surface area contributed by atoms with Crippen molar-refractivity contribution in [1.29, 1.82) is 0 Å². The number of hydrogen-bond donors (Lipinski definition) is 1. The molecule has 0 radical (unpaired) electrons.